The Bertz CT molecular complexity index is 383. The van der Waals surface area contributed by atoms with Crippen LogP contribution >= 0.6 is 0 Å². The van der Waals surface area contributed by atoms with E-state index in [-0.39, 0.29) is 24.2 Å². The molecule has 4 nitrogen and oxygen atoms in total. The molecule has 0 bridgehead atoms. The minimum Gasteiger partial charge on any atom is -0.469 e. The molecule has 6 heteroatoms. The zero-order chi connectivity index (χ0) is 12.1. The number of halogens is 2. The quantitative estimate of drug-likeness (QED) is 0.789. The first kappa shape index (κ1) is 12.5. The SMILES string of the molecule is COC(=O)Cc1cc(C(F)F)cc(CN)n1. The van der Waals surface area contributed by atoms with Gasteiger partial charge in [-0.15, -0.1) is 0 Å². The third kappa shape index (κ3) is 3.23. The summed E-state index contributed by atoms with van der Waals surface area (Å²) in [5.41, 5.74) is 5.71. The van der Waals surface area contributed by atoms with Gasteiger partial charge in [0.2, 0.25) is 0 Å². The van der Waals surface area contributed by atoms with Crippen molar-refractivity contribution < 1.29 is 18.3 Å². The summed E-state index contributed by atoms with van der Waals surface area (Å²) >= 11 is 0. The highest BCUT2D eigenvalue weighted by molar-refractivity contribution is 5.71. The molecular formula is C10H12F2N2O2. The van der Waals surface area contributed by atoms with E-state index in [9.17, 15) is 13.6 Å². The lowest BCUT2D eigenvalue weighted by molar-refractivity contribution is -0.139. The number of carbonyl (C=O) groups is 1. The Balaban J connectivity index is 2.99. The Hall–Kier alpha value is -1.56. The van der Waals surface area contributed by atoms with Gasteiger partial charge in [0, 0.05) is 12.1 Å². The number of nitrogens with two attached hydrogens (primary N) is 1. The van der Waals surface area contributed by atoms with E-state index in [0.717, 1.165) is 0 Å². The molecule has 0 amide bonds. The molecule has 0 aromatic carbocycles. The van der Waals surface area contributed by atoms with Crippen LogP contribution < -0.4 is 5.73 Å². The number of ether oxygens (including phenoxy) is 1. The van der Waals surface area contributed by atoms with Crippen LogP contribution in [-0.2, 0) is 22.5 Å². The number of aromatic nitrogens is 1. The van der Waals surface area contributed by atoms with Gasteiger partial charge >= 0.3 is 5.97 Å². The summed E-state index contributed by atoms with van der Waals surface area (Å²) < 4.78 is 29.4. The molecule has 1 aromatic heterocycles. The molecule has 1 rings (SSSR count). The fourth-order valence-corrected chi connectivity index (χ4v) is 1.22. The van der Waals surface area contributed by atoms with E-state index in [1.807, 2.05) is 0 Å². The number of hydrogen-bond donors (Lipinski definition) is 1. The van der Waals surface area contributed by atoms with Crippen LogP contribution in [0, 0.1) is 0 Å². The van der Waals surface area contributed by atoms with Crippen LogP contribution in [0.25, 0.3) is 0 Å². The van der Waals surface area contributed by atoms with Crippen molar-refractivity contribution in [3.05, 3.63) is 29.1 Å². The average molecular weight is 230 g/mol. The molecule has 0 saturated heterocycles. The van der Waals surface area contributed by atoms with Crippen molar-refractivity contribution in [3.8, 4) is 0 Å². The van der Waals surface area contributed by atoms with E-state index in [2.05, 4.69) is 9.72 Å². The second-order valence-electron chi connectivity index (χ2n) is 3.14. The molecule has 0 radical (unpaired) electrons. The molecule has 0 fully saturated rings. The van der Waals surface area contributed by atoms with E-state index in [0.29, 0.717) is 5.69 Å². The molecular weight excluding hydrogens is 218 g/mol. The van der Waals surface area contributed by atoms with Crippen LogP contribution in [0.2, 0.25) is 0 Å². The molecule has 0 unspecified atom stereocenters. The summed E-state index contributed by atoms with van der Waals surface area (Å²) in [7, 11) is 1.23. The van der Waals surface area contributed by atoms with Crippen molar-refractivity contribution in [2.24, 2.45) is 5.73 Å². The van der Waals surface area contributed by atoms with Crippen LogP contribution in [0.4, 0.5) is 8.78 Å². The van der Waals surface area contributed by atoms with Gasteiger partial charge in [0.1, 0.15) is 0 Å². The van der Waals surface area contributed by atoms with Gasteiger partial charge in [-0.05, 0) is 12.1 Å². The Morgan fingerprint density at radius 3 is 2.62 bits per heavy atom. The van der Waals surface area contributed by atoms with Gasteiger partial charge in [-0.2, -0.15) is 0 Å². The monoisotopic (exact) mass is 230 g/mol. The topological polar surface area (TPSA) is 65.2 Å². The highest BCUT2D eigenvalue weighted by atomic mass is 19.3. The van der Waals surface area contributed by atoms with E-state index in [4.69, 9.17) is 5.73 Å². The summed E-state index contributed by atoms with van der Waals surface area (Å²) in [6, 6.07) is 2.41. The molecule has 0 atom stereocenters. The van der Waals surface area contributed by atoms with Gasteiger partial charge in [-0.25, -0.2) is 8.78 Å². The van der Waals surface area contributed by atoms with Gasteiger partial charge in [-0.3, -0.25) is 9.78 Å². The second-order valence-corrected chi connectivity index (χ2v) is 3.14. The maximum Gasteiger partial charge on any atom is 0.311 e. The van der Waals surface area contributed by atoms with Crippen LogP contribution in [0.1, 0.15) is 23.4 Å². The third-order valence-corrected chi connectivity index (χ3v) is 1.97. The van der Waals surface area contributed by atoms with Crippen LogP contribution in [0.3, 0.4) is 0 Å². The molecule has 88 valence electrons. The largest absolute Gasteiger partial charge is 0.469 e. The summed E-state index contributed by atoms with van der Waals surface area (Å²) in [6.07, 6.45) is -2.74. The number of nitrogens with zero attached hydrogens (tertiary/aromatic N) is 1. The minimum absolute atomic E-state index is 0.0503. The lowest BCUT2D eigenvalue weighted by atomic mass is 10.1. The second kappa shape index (κ2) is 5.50. The van der Waals surface area contributed by atoms with Crippen molar-refractivity contribution >= 4 is 5.97 Å². The molecule has 2 N–H and O–H groups in total. The number of pyridine rings is 1. The highest BCUT2D eigenvalue weighted by Gasteiger charge is 2.12. The first-order valence-electron chi connectivity index (χ1n) is 4.61. The van der Waals surface area contributed by atoms with Crippen molar-refractivity contribution in [1.29, 1.82) is 0 Å². The van der Waals surface area contributed by atoms with E-state index in [1.54, 1.807) is 0 Å². The highest BCUT2D eigenvalue weighted by Crippen LogP contribution is 2.20. The number of alkyl halides is 2. The molecule has 0 aliphatic heterocycles. The zero-order valence-corrected chi connectivity index (χ0v) is 8.74. The fraction of sp³-hybridized carbons (Fsp3) is 0.400. The Morgan fingerprint density at radius 1 is 1.50 bits per heavy atom. The lowest BCUT2D eigenvalue weighted by Crippen LogP contribution is -2.09. The summed E-state index contributed by atoms with van der Waals surface area (Å²) in [5.74, 6) is -0.526. The molecule has 0 aliphatic carbocycles. The average Bonchev–Trinajstić information content (AvgIpc) is 2.28. The van der Waals surface area contributed by atoms with Gasteiger partial charge in [0.15, 0.2) is 0 Å². The van der Waals surface area contributed by atoms with Crippen molar-refractivity contribution in [2.75, 3.05) is 7.11 Å². The maximum atomic E-state index is 12.5. The number of methoxy groups -OCH3 is 1. The number of esters is 1. The maximum absolute atomic E-state index is 12.5. The van der Waals surface area contributed by atoms with Gasteiger partial charge in [0.25, 0.3) is 6.43 Å². The van der Waals surface area contributed by atoms with E-state index in [1.165, 1.54) is 19.2 Å². The van der Waals surface area contributed by atoms with E-state index < -0.39 is 12.4 Å². The van der Waals surface area contributed by atoms with Crippen LogP contribution in [0.15, 0.2) is 12.1 Å². The Morgan fingerprint density at radius 2 is 2.12 bits per heavy atom. The Kier molecular flexibility index (Phi) is 4.30. The number of carbonyl (C=O) groups excluding carboxylic acids is 1. The van der Waals surface area contributed by atoms with Crippen molar-refractivity contribution in [1.82, 2.24) is 4.98 Å². The zero-order valence-electron chi connectivity index (χ0n) is 8.74. The minimum atomic E-state index is -2.61. The van der Waals surface area contributed by atoms with E-state index >= 15 is 0 Å². The summed E-state index contributed by atoms with van der Waals surface area (Å²) in [6.45, 7) is 0.0503. The number of hydrogen-bond acceptors (Lipinski definition) is 4. The fourth-order valence-electron chi connectivity index (χ4n) is 1.22. The van der Waals surface area contributed by atoms with Gasteiger partial charge in [0.05, 0.1) is 24.9 Å². The van der Waals surface area contributed by atoms with Gasteiger partial charge in [-0.1, -0.05) is 0 Å². The number of rotatable bonds is 4. The van der Waals surface area contributed by atoms with Crippen LogP contribution in [-0.4, -0.2) is 18.1 Å². The van der Waals surface area contributed by atoms with Crippen molar-refractivity contribution in [3.63, 3.8) is 0 Å². The normalized spacial score (nSPS) is 10.6. The van der Waals surface area contributed by atoms with Crippen molar-refractivity contribution in [2.45, 2.75) is 19.4 Å². The molecule has 0 aliphatic rings. The van der Waals surface area contributed by atoms with Crippen LogP contribution in [0.5, 0.6) is 0 Å². The van der Waals surface area contributed by atoms with Gasteiger partial charge < -0.3 is 10.5 Å². The smallest absolute Gasteiger partial charge is 0.311 e. The first-order valence-corrected chi connectivity index (χ1v) is 4.61. The Labute approximate surface area is 91.4 Å². The molecule has 16 heavy (non-hydrogen) atoms. The predicted octanol–water partition coefficient (Wildman–Crippen LogP) is 1.19. The standard InChI is InChI=1S/C10H12F2N2O2/c1-16-9(15)4-7-2-6(10(11)12)3-8(5-13)14-7/h2-3,10H,4-5,13H2,1H3. The molecule has 0 saturated carbocycles. The predicted molar refractivity (Wildman–Crippen MR) is 52.8 cm³/mol. The molecule has 1 heterocycles. The molecule has 0 spiro atoms. The third-order valence-electron chi connectivity index (χ3n) is 1.97. The summed E-state index contributed by atoms with van der Waals surface area (Å²) in [4.78, 5) is 14.9. The summed E-state index contributed by atoms with van der Waals surface area (Å²) in [5, 5.41) is 0. The molecule has 1 aromatic rings. The lowest BCUT2D eigenvalue weighted by Gasteiger charge is -2.06. The first-order chi connectivity index (χ1) is 7.56.